The number of hydrogen-bond donors (Lipinski definition) is 2. The van der Waals surface area contributed by atoms with E-state index in [0.29, 0.717) is 37.9 Å². The molecule has 0 saturated carbocycles. The number of nitrogens with one attached hydrogen (secondary N) is 1. The zero-order chi connectivity index (χ0) is 20.6. The van der Waals surface area contributed by atoms with Crippen molar-refractivity contribution in [2.75, 3.05) is 42.9 Å². The summed E-state index contributed by atoms with van der Waals surface area (Å²) in [5.74, 6) is 1.86. The number of benzene rings is 1. The second-order valence-corrected chi connectivity index (χ2v) is 7.48. The second-order valence-electron chi connectivity index (χ2n) is 7.48. The maximum absolute atomic E-state index is 12.5. The van der Waals surface area contributed by atoms with Crippen LogP contribution in [-0.4, -0.2) is 54.5 Å². The molecule has 0 radical (unpaired) electrons. The molecule has 2 heterocycles. The largest absolute Gasteiger partial charge is 0.370 e. The minimum Gasteiger partial charge on any atom is -0.370 e. The van der Waals surface area contributed by atoms with Crippen molar-refractivity contribution in [3.05, 3.63) is 54.2 Å². The Kier molecular flexibility index (Phi) is 9.35. The van der Waals surface area contributed by atoms with Crippen molar-refractivity contribution in [2.24, 2.45) is 10.7 Å². The van der Waals surface area contributed by atoms with Gasteiger partial charge in [-0.25, -0.2) is 4.98 Å². The summed E-state index contributed by atoms with van der Waals surface area (Å²) < 4.78 is 0. The molecule has 7 nitrogen and oxygen atoms in total. The SMILES string of the molecule is CC(C)c1cccc(NC(N)=NCCC(=O)N2CCN(c3ccccn3)CC2)c1.I. The number of pyridine rings is 1. The lowest BCUT2D eigenvalue weighted by molar-refractivity contribution is -0.131. The minimum atomic E-state index is 0. The van der Waals surface area contributed by atoms with Gasteiger partial charge >= 0.3 is 0 Å². The van der Waals surface area contributed by atoms with Gasteiger partial charge in [-0.05, 0) is 35.7 Å². The molecule has 0 spiro atoms. The van der Waals surface area contributed by atoms with Gasteiger partial charge in [-0.3, -0.25) is 9.79 Å². The van der Waals surface area contributed by atoms with E-state index in [9.17, 15) is 4.79 Å². The molecule has 3 rings (SSSR count). The van der Waals surface area contributed by atoms with E-state index >= 15 is 0 Å². The monoisotopic (exact) mass is 522 g/mol. The van der Waals surface area contributed by atoms with Crippen LogP contribution in [0.2, 0.25) is 0 Å². The van der Waals surface area contributed by atoms with Crippen LogP contribution in [0.15, 0.2) is 53.7 Å². The van der Waals surface area contributed by atoms with Crippen LogP contribution in [0.4, 0.5) is 11.5 Å². The Balaban J connectivity index is 0.00000320. The minimum absolute atomic E-state index is 0. The third kappa shape index (κ3) is 6.86. The highest BCUT2D eigenvalue weighted by Crippen LogP contribution is 2.18. The van der Waals surface area contributed by atoms with Crippen LogP contribution in [0, 0.1) is 0 Å². The topological polar surface area (TPSA) is 86.8 Å². The van der Waals surface area contributed by atoms with Gasteiger partial charge in [0.1, 0.15) is 5.82 Å². The molecule has 8 heteroatoms. The normalized spacial score (nSPS) is 14.4. The molecule has 3 N–H and O–H groups in total. The van der Waals surface area contributed by atoms with Crippen LogP contribution >= 0.6 is 24.0 Å². The molecule has 1 aromatic heterocycles. The van der Waals surface area contributed by atoms with Crippen molar-refractivity contribution in [1.29, 1.82) is 0 Å². The first-order valence-corrected chi connectivity index (χ1v) is 10.1. The summed E-state index contributed by atoms with van der Waals surface area (Å²) in [5, 5.41) is 3.10. The lowest BCUT2D eigenvalue weighted by atomic mass is 10.0. The van der Waals surface area contributed by atoms with E-state index < -0.39 is 0 Å². The molecule has 1 saturated heterocycles. The van der Waals surface area contributed by atoms with Gasteiger partial charge in [0.25, 0.3) is 0 Å². The van der Waals surface area contributed by atoms with E-state index in [2.05, 4.69) is 46.2 Å². The van der Waals surface area contributed by atoms with E-state index in [1.807, 2.05) is 35.2 Å². The zero-order valence-corrected chi connectivity index (χ0v) is 20.0. The average Bonchev–Trinajstić information content (AvgIpc) is 2.74. The summed E-state index contributed by atoms with van der Waals surface area (Å²) >= 11 is 0. The number of aromatic nitrogens is 1. The van der Waals surface area contributed by atoms with Crippen LogP contribution in [0.25, 0.3) is 0 Å². The summed E-state index contributed by atoms with van der Waals surface area (Å²) in [6.07, 6.45) is 2.15. The molecule has 162 valence electrons. The maximum Gasteiger partial charge on any atom is 0.224 e. The second kappa shape index (κ2) is 11.7. The molecule has 1 aromatic carbocycles. The number of piperazine rings is 1. The molecule has 0 atom stereocenters. The Labute approximate surface area is 195 Å². The van der Waals surface area contributed by atoms with Crippen molar-refractivity contribution in [1.82, 2.24) is 9.88 Å². The summed E-state index contributed by atoms with van der Waals surface area (Å²) in [6, 6.07) is 14.0. The highest BCUT2D eigenvalue weighted by atomic mass is 127. The Morgan fingerprint density at radius 3 is 2.60 bits per heavy atom. The highest BCUT2D eigenvalue weighted by molar-refractivity contribution is 14.0. The molecule has 0 bridgehead atoms. The predicted octanol–water partition coefficient (Wildman–Crippen LogP) is 3.29. The van der Waals surface area contributed by atoms with E-state index in [-0.39, 0.29) is 29.9 Å². The van der Waals surface area contributed by atoms with Gasteiger partial charge in [-0.15, -0.1) is 24.0 Å². The Morgan fingerprint density at radius 2 is 1.93 bits per heavy atom. The van der Waals surface area contributed by atoms with Gasteiger partial charge in [0, 0.05) is 44.5 Å². The molecule has 2 aromatic rings. The molecular weight excluding hydrogens is 491 g/mol. The van der Waals surface area contributed by atoms with E-state index in [0.717, 1.165) is 24.6 Å². The highest BCUT2D eigenvalue weighted by Gasteiger charge is 2.21. The summed E-state index contributed by atoms with van der Waals surface area (Å²) in [4.78, 5) is 25.2. The average molecular weight is 522 g/mol. The van der Waals surface area contributed by atoms with Crippen LogP contribution in [-0.2, 0) is 4.79 Å². The summed E-state index contributed by atoms with van der Waals surface area (Å²) in [5.41, 5.74) is 8.13. The standard InChI is InChI=1S/C22H30N6O.HI/c1-17(2)18-6-5-7-19(16-18)26-22(23)25-11-9-21(29)28-14-12-27(13-15-28)20-8-3-4-10-24-20;/h3-8,10,16-17H,9,11-15H2,1-2H3,(H3,23,25,26);1H. The number of anilines is 2. The number of carbonyl (C=O) groups excluding carboxylic acids is 1. The van der Waals surface area contributed by atoms with Gasteiger partial charge in [0.2, 0.25) is 5.91 Å². The van der Waals surface area contributed by atoms with Crippen molar-refractivity contribution in [2.45, 2.75) is 26.2 Å². The van der Waals surface area contributed by atoms with Gasteiger partial charge in [-0.2, -0.15) is 0 Å². The van der Waals surface area contributed by atoms with Crippen molar-refractivity contribution < 1.29 is 4.79 Å². The van der Waals surface area contributed by atoms with Crippen molar-refractivity contribution in [3.63, 3.8) is 0 Å². The fourth-order valence-electron chi connectivity index (χ4n) is 3.32. The third-order valence-electron chi connectivity index (χ3n) is 5.04. The molecule has 0 unspecified atom stereocenters. The van der Waals surface area contributed by atoms with Crippen LogP contribution in [0.1, 0.15) is 31.7 Å². The van der Waals surface area contributed by atoms with Gasteiger partial charge in [0.05, 0.1) is 6.54 Å². The first-order valence-electron chi connectivity index (χ1n) is 10.1. The fraction of sp³-hybridized carbons (Fsp3) is 0.409. The number of nitrogens with two attached hydrogens (primary N) is 1. The van der Waals surface area contributed by atoms with Gasteiger partial charge < -0.3 is 20.9 Å². The lowest BCUT2D eigenvalue weighted by Crippen LogP contribution is -2.49. The van der Waals surface area contributed by atoms with E-state index in [1.54, 1.807) is 6.20 Å². The first kappa shape index (κ1) is 23.9. The molecule has 0 aliphatic carbocycles. The summed E-state index contributed by atoms with van der Waals surface area (Å²) in [6.45, 7) is 7.67. The first-order chi connectivity index (χ1) is 14.0. The lowest BCUT2D eigenvalue weighted by Gasteiger charge is -2.35. The van der Waals surface area contributed by atoms with Crippen molar-refractivity contribution in [3.8, 4) is 0 Å². The van der Waals surface area contributed by atoms with Gasteiger partial charge in [0.15, 0.2) is 5.96 Å². The van der Waals surface area contributed by atoms with Crippen LogP contribution in [0.3, 0.4) is 0 Å². The van der Waals surface area contributed by atoms with Crippen molar-refractivity contribution >= 4 is 47.3 Å². The maximum atomic E-state index is 12.5. The molecule has 1 aliphatic heterocycles. The number of guanidine groups is 1. The molecule has 1 fully saturated rings. The third-order valence-corrected chi connectivity index (χ3v) is 5.04. The summed E-state index contributed by atoms with van der Waals surface area (Å²) in [7, 11) is 0. The predicted molar refractivity (Wildman–Crippen MR) is 134 cm³/mol. The molecule has 1 amide bonds. The van der Waals surface area contributed by atoms with Crippen LogP contribution < -0.4 is 16.0 Å². The Morgan fingerprint density at radius 1 is 1.17 bits per heavy atom. The van der Waals surface area contributed by atoms with Crippen LogP contribution in [0.5, 0.6) is 0 Å². The van der Waals surface area contributed by atoms with Gasteiger partial charge in [-0.1, -0.05) is 32.0 Å². The number of halogens is 1. The number of amides is 1. The number of rotatable bonds is 6. The molecule has 30 heavy (non-hydrogen) atoms. The van der Waals surface area contributed by atoms with E-state index in [4.69, 9.17) is 5.73 Å². The Hall–Kier alpha value is -2.36. The van der Waals surface area contributed by atoms with E-state index in [1.165, 1.54) is 5.56 Å². The number of hydrogen-bond acceptors (Lipinski definition) is 4. The fourth-order valence-corrected chi connectivity index (χ4v) is 3.32. The number of carbonyl (C=O) groups is 1. The molecular formula is C22H31IN6O. The number of aliphatic imine (C=N–C) groups is 1. The smallest absolute Gasteiger partial charge is 0.224 e. The molecule has 1 aliphatic rings. The quantitative estimate of drug-likeness (QED) is 0.346. The zero-order valence-electron chi connectivity index (χ0n) is 17.6. The number of nitrogens with zero attached hydrogens (tertiary/aromatic N) is 4. The Bertz CT molecular complexity index is 835.